The third-order valence-corrected chi connectivity index (χ3v) is 2.84. The summed E-state index contributed by atoms with van der Waals surface area (Å²) >= 11 is 0. The normalized spacial score (nSPS) is 25.1. The highest BCUT2D eigenvalue weighted by atomic mass is 16.5. The topological polar surface area (TPSA) is 159 Å². The Bertz CT molecular complexity index is 452. The Balaban J connectivity index is 2.86. The molecule has 10 nitrogen and oxygen atoms in total. The lowest BCUT2D eigenvalue weighted by atomic mass is 9.98. The average molecular weight is 289 g/mol. The fraction of sp³-hybridized carbons (Fsp3) is 0.600. The van der Waals surface area contributed by atoms with Gasteiger partial charge in [0.25, 0.3) is 0 Å². The molecule has 1 saturated heterocycles. The van der Waals surface area contributed by atoms with Crippen LogP contribution in [0.25, 0.3) is 0 Å². The van der Waals surface area contributed by atoms with Gasteiger partial charge in [-0.1, -0.05) is 0 Å². The van der Waals surface area contributed by atoms with Crippen LogP contribution in [-0.2, 0) is 14.3 Å². The number of carbonyl (C=O) groups is 4. The molecule has 1 aliphatic rings. The molecule has 0 radical (unpaired) electrons. The minimum atomic E-state index is -1.87. The number of amides is 3. The average Bonchev–Trinajstić information content (AvgIpc) is 2.69. The number of ether oxygens (including phenoxy) is 1. The van der Waals surface area contributed by atoms with E-state index in [4.69, 9.17) is 15.9 Å². The minimum absolute atomic E-state index is 0.0252. The summed E-state index contributed by atoms with van der Waals surface area (Å²) in [5.41, 5.74) is 3.68. The smallest absolute Gasteiger partial charge is 0.415 e. The summed E-state index contributed by atoms with van der Waals surface area (Å²) in [6.07, 6.45) is -1.50. The number of imide groups is 1. The monoisotopic (exact) mass is 289 g/mol. The molecule has 20 heavy (non-hydrogen) atoms. The molecule has 0 saturated carbocycles. The van der Waals surface area contributed by atoms with Crippen molar-refractivity contribution in [1.82, 2.24) is 10.2 Å². The quantitative estimate of drug-likeness (QED) is 0.503. The number of hydrogen-bond donors (Lipinski definition) is 4. The number of carboxylic acids is 2. The van der Waals surface area contributed by atoms with Crippen molar-refractivity contribution in [3.63, 3.8) is 0 Å². The van der Waals surface area contributed by atoms with E-state index in [9.17, 15) is 19.2 Å². The van der Waals surface area contributed by atoms with Gasteiger partial charge >= 0.3 is 24.1 Å². The van der Waals surface area contributed by atoms with Gasteiger partial charge in [-0.2, -0.15) is 0 Å². The third kappa shape index (κ3) is 3.15. The zero-order valence-electron chi connectivity index (χ0n) is 10.7. The molecule has 1 rings (SSSR count). The maximum atomic E-state index is 11.8. The van der Waals surface area contributed by atoms with Crippen molar-refractivity contribution in [1.29, 1.82) is 0 Å². The van der Waals surface area contributed by atoms with Crippen molar-refractivity contribution >= 4 is 24.1 Å². The van der Waals surface area contributed by atoms with Crippen molar-refractivity contribution in [2.75, 3.05) is 13.2 Å². The van der Waals surface area contributed by atoms with E-state index in [-0.39, 0.29) is 6.61 Å². The fourth-order valence-electron chi connectivity index (χ4n) is 1.85. The Kier molecular flexibility index (Phi) is 4.50. The van der Waals surface area contributed by atoms with Crippen molar-refractivity contribution < 1.29 is 34.1 Å². The number of rotatable bonds is 3. The first-order chi connectivity index (χ1) is 9.21. The van der Waals surface area contributed by atoms with E-state index < -0.39 is 48.6 Å². The molecule has 0 bridgehead atoms. The summed E-state index contributed by atoms with van der Waals surface area (Å²) in [4.78, 5) is 45.6. The van der Waals surface area contributed by atoms with E-state index >= 15 is 0 Å². The van der Waals surface area contributed by atoms with Crippen LogP contribution in [0.5, 0.6) is 0 Å². The van der Waals surface area contributed by atoms with Crippen molar-refractivity contribution in [3.05, 3.63) is 0 Å². The van der Waals surface area contributed by atoms with Gasteiger partial charge in [-0.3, -0.25) is 4.79 Å². The highest BCUT2D eigenvalue weighted by Crippen LogP contribution is 2.25. The first kappa shape index (κ1) is 15.7. The van der Waals surface area contributed by atoms with E-state index in [1.807, 2.05) is 0 Å². The van der Waals surface area contributed by atoms with Crippen LogP contribution >= 0.6 is 0 Å². The Labute approximate surface area is 113 Å². The summed E-state index contributed by atoms with van der Waals surface area (Å²) in [7, 11) is 0. The molecule has 112 valence electrons. The molecule has 3 amide bonds. The largest absolute Gasteiger partial charge is 0.480 e. The van der Waals surface area contributed by atoms with Crippen LogP contribution in [0.2, 0.25) is 0 Å². The predicted molar refractivity (Wildman–Crippen MR) is 62.9 cm³/mol. The highest BCUT2D eigenvalue weighted by molar-refractivity contribution is 5.94. The zero-order chi connectivity index (χ0) is 15.5. The summed E-state index contributed by atoms with van der Waals surface area (Å²) < 4.78 is 4.47. The van der Waals surface area contributed by atoms with Crippen molar-refractivity contribution in [2.24, 2.45) is 5.73 Å². The second-order valence-corrected chi connectivity index (χ2v) is 4.30. The molecule has 0 unspecified atom stereocenters. The number of carbonyl (C=O) groups excluding carboxylic acids is 2. The van der Waals surface area contributed by atoms with Crippen molar-refractivity contribution in [2.45, 2.75) is 24.9 Å². The number of nitrogens with two attached hydrogens (primary N) is 1. The summed E-state index contributed by atoms with van der Waals surface area (Å²) in [5, 5.41) is 19.8. The molecule has 2 atom stereocenters. The van der Waals surface area contributed by atoms with Crippen LogP contribution in [0.1, 0.15) is 13.3 Å². The second-order valence-electron chi connectivity index (χ2n) is 4.30. The number of alkyl carbamates (subject to hydrolysis) is 1. The molecule has 1 heterocycles. The van der Waals surface area contributed by atoms with E-state index in [0.29, 0.717) is 4.90 Å². The minimum Gasteiger partial charge on any atom is -0.480 e. The highest BCUT2D eigenvalue weighted by Gasteiger charge is 2.51. The lowest BCUT2D eigenvalue weighted by Crippen LogP contribution is -2.52. The van der Waals surface area contributed by atoms with E-state index in [1.54, 1.807) is 5.32 Å². The molecule has 0 spiro atoms. The van der Waals surface area contributed by atoms with Crippen LogP contribution in [0.15, 0.2) is 0 Å². The first-order valence-electron chi connectivity index (χ1n) is 5.70. The summed E-state index contributed by atoms with van der Waals surface area (Å²) in [6.45, 7) is 1.03. The number of urea groups is 1. The Morgan fingerprint density at radius 2 is 2.00 bits per heavy atom. The number of hydrogen-bond acceptors (Lipinski definition) is 6. The molecule has 1 fully saturated rings. The van der Waals surface area contributed by atoms with Crippen LogP contribution in [0.3, 0.4) is 0 Å². The van der Waals surface area contributed by atoms with Gasteiger partial charge in [0.05, 0.1) is 13.2 Å². The van der Waals surface area contributed by atoms with Gasteiger partial charge < -0.3 is 25.6 Å². The van der Waals surface area contributed by atoms with E-state index in [1.165, 1.54) is 6.92 Å². The van der Waals surface area contributed by atoms with Crippen LogP contribution in [0, 0.1) is 0 Å². The van der Waals surface area contributed by atoms with E-state index in [0.717, 1.165) is 0 Å². The van der Waals surface area contributed by atoms with Gasteiger partial charge in [0, 0.05) is 6.42 Å². The number of carboxylic acid groups (broad SMARTS) is 2. The number of aliphatic carboxylic acids is 2. The number of nitrogens with zero attached hydrogens (tertiary/aromatic N) is 1. The van der Waals surface area contributed by atoms with Crippen LogP contribution in [0.4, 0.5) is 9.59 Å². The lowest BCUT2D eigenvalue weighted by Gasteiger charge is -2.21. The number of nitrogens with one attached hydrogen (secondary N) is 1. The maximum Gasteiger partial charge on any atom is 0.415 e. The van der Waals surface area contributed by atoms with Gasteiger partial charge in [0.2, 0.25) is 0 Å². The first-order valence-corrected chi connectivity index (χ1v) is 5.70. The molecule has 0 aromatic rings. The van der Waals surface area contributed by atoms with Gasteiger partial charge in [-0.25, -0.2) is 19.7 Å². The van der Waals surface area contributed by atoms with E-state index in [2.05, 4.69) is 4.74 Å². The molecule has 10 heteroatoms. The second kappa shape index (κ2) is 5.74. The van der Waals surface area contributed by atoms with Gasteiger partial charge in [-0.05, 0) is 6.92 Å². The maximum absolute atomic E-state index is 11.8. The third-order valence-electron chi connectivity index (χ3n) is 2.84. The summed E-state index contributed by atoms with van der Waals surface area (Å²) in [6, 6.07) is -2.49. The molecule has 1 aliphatic heterocycles. The Morgan fingerprint density at radius 3 is 2.45 bits per heavy atom. The lowest BCUT2D eigenvalue weighted by molar-refractivity contribution is -0.142. The van der Waals surface area contributed by atoms with Gasteiger partial charge in [0.15, 0.2) is 0 Å². The number of likely N-dealkylation sites (tertiary alicyclic amines) is 1. The SMILES string of the molecule is CCOC(=O)NC(=O)N1C[C@@](N)(C(=O)O)C[C@@H]1C(=O)O. The van der Waals surface area contributed by atoms with Crippen molar-refractivity contribution in [3.8, 4) is 0 Å². The molecular weight excluding hydrogens is 274 g/mol. The Morgan fingerprint density at radius 1 is 1.40 bits per heavy atom. The Hall–Kier alpha value is -2.36. The molecular formula is C10H15N3O7. The molecule has 0 aromatic heterocycles. The molecule has 5 N–H and O–H groups in total. The standard InChI is InChI=1S/C10H15N3O7/c1-2-20-9(19)12-8(18)13-4-10(11,7(16)17)3-5(13)6(14)15/h5H,2-4,11H2,1H3,(H,14,15)(H,16,17)(H,12,18,19)/t5-,10-/m1/s1. The fourth-order valence-corrected chi connectivity index (χ4v) is 1.85. The zero-order valence-corrected chi connectivity index (χ0v) is 10.7. The molecule has 0 aliphatic carbocycles. The van der Waals surface area contributed by atoms with Crippen LogP contribution < -0.4 is 11.1 Å². The van der Waals surface area contributed by atoms with Gasteiger partial charge in [0.1, 0.15) is 11.6 Å². The summed E-state index contributed by atoms with van der Waals surface area (Å²) in [5.74, 6) is -2.83. The van der Waals surface area contributed by atoms with Crippen LogP contribution in [-0.4, -0.2) is 63.9 Å². The van der Waals surface area contributed by atoms with Gasteiger partial charge in [-0.15, -0.1) is 0 Å². The predicted octanol–water partition coefficient (Wildman–Crippen LogP) is -1.21. The molecule has 0 aromatic carbocycles.